The monoisotopic (exact) mass is 233 g/mol. The summed E-state index contributed by atoms with van der Waals surface area (Å²) >= 11 is 0. The molecule has 2 rings (SSSR count). The quantitative estimate of drug-likeness (QED) is 0.835. The van der Waals surface area contributed by atoms with Gasteiger partial charge in [0, 0.05) is 18.8 Å². The SMILES string of the molecule is CC(C)c1ccccc1NCCC1CCCO1. The van der Waals surface area contributed by atoms with Crippen LogP contribution in [0.5, 0.6) is 0 Å². The Balaban J connectivity index is 1.85. The molecule has 1 aliphatic rings. The van der Waals surface area contributed by atoms with Gasteiger partial charge in [-0.1, -0.05) is 32.0 Å². The summed E-state index contributed by atoms with van der Waals surface area (Å²) in [4.78, 5) is 0. The molecule has 0 bridgehead atoms. The molecule has 0 aromatic heterocycles. The van der Waals surface area contributed by atoms with Crippen LogP contribution in [0.2, 0.25) is 0 Å². The predicted molar refractivity (Wildman–Crippen MR) is 72.6 cm³/mol. The summed E-state index contributed by atoms with van der Waals surface area (Å²) in [6.07, 6.45) is 4.06. The lowest BCUT2D eigenvalue weighted by molar-refractivity contribution is 0.107. The highest BCUT2D eigenvalue weighted by Gasteiger charge is 2.14. The Hall–Kier alpha value is -1.02. The molecule has 94 valence electrons. The molecule has 0 radical (unpaired) electrons. The van der Waals surface area contributed by atoms with Crippen molar-refractivity contribution in [2.45, 2.75) is 45.1 Å². The van der Waals surface area contributed by atoms with E-state index in [0.29, 0.717) is 12.0 Å². The third-order valence-electron chi connectivity index (χ3n) is 3.39. The molecule has 1 aromatic carbocycles. The number of benzene rings is 1. The molecule has 1 fully saturated rings. The Kier molecular flexibility index (Phi) is 4.43. The molecule has 1 N–H and O–H groups in total. The lowest BCUT2D eigenvalue weighted by Crippen LogP contribution is -2.13. The zero-order chi connectivity index (χ0) is 12.1. The summed E-state index contributed by atoms with van der Waals surface area (Å²) in [6.45, 7) is 6.43. The normalized spacial score (nSPS) is 19.8. The van der Waals surface area contributed by atoms with Crippen LogP contribution >= 0.6 is 0 Å². The predicted octanol–water partition coefficient (Wildman–Crippen LogP) is 3.79. The fourth-order valence-corrected chi connectivity index (χ4v) is 2.40. The number of anilines is 1. The van der Waals surface area contributed by atoms with Gasteiger partial charge < -0.3 is 10.1 Å². The molecule has 17 heavy (non-hydrogen) atoms. The van der Waals surface area contributed by atoms with E-state index in [2.05, 4.69) is 43.4 Å². The van der Waals surface area contributed by atoms with Crippen molar-refractivity contribution in [3.05, 3.63) is 29.8 Å². The summed E-state index contributed by atoms with van der Waals surface area (Å²) in [5.41, 5.74) is 2.68. The van der Waals surface area contributed by atoms with Crippen molar-refractivity contribution >= 4 is 5.69 Å². The van der Waals surface area contributed by atoms with Gasteiger partial charge in [-0.05, 0) is 36.8 Å². The van der Waals surface area contributed by atoms with E-state index in [1.54, 1.807) is 0 Å². The first-order valence-electron chi connectivity index (χ1n) is 6.72. The van der Waals surface area contributed by atoms with Gasteiger partial charge in [-0.3, -0.25) is 0 Å². The maximum Gasteiger partial charge on any atom is 0.0592 e. The average molecular weight is 233 g/mol. The first-order valence-corrected chi connectivity index (χ1v) is 6.72. The Labute approximate surface area is 104 Å². The van der Waals surface area contributed by atoms with Crippen LogP contribution in [0.1, 0.15) is 44.6 Å². The molecule has 0 aliphatic carbocycles. The summed E-state index contributed by atoms with van der Waals surface area (Å²) in [6, 6.07) is 8.59. The maximum atomic E-state index is 5.63. The summed E-state index contributed by atoms with van der Waals surface area (Å²) in [7, 11) is 0. The van der Waals surface area contributed by atoms with Crippen LogP contribution < -0.4 is 5.32 Å². The van der Waals surface area contributed by atoms with Gasteiger partial charge in [-0.25, -0.2) is 0 Å². The van der Waals surface area contributed by atoms with Crippen LogP contribution in [0, 0.1) is 0 Å². The molecule has 0 spiro atoms. The van der Waals surface area contributed by atoms with Gasteiger partial charge in [0.15, 0.2) is 0 Å². The van der Waals surface area contributed by atoms with Gasteiger partial charge >= 0.3 is 0 Å². The number of hydrogen-bond acceptors (Lipinski definition) is 2. The van der Waals surface area contributed by atoms with Gasteiger partial charge in [0.25, 0.3) is 0 Å². The fourth-order valence-electron chi connectivity index (χ4n) is 2.40. The van der Waals surface area contributed by atoms with E-state index in [-0.39, 0.29) is 0 Å². The molecule has 1 saturated heterocycles. The molecule has 1 heterocycles. The van der Waals surface area contributed by atoms with Gasteiger partial charge in [-0.15, -0.1) is 0 Å². The molecule has 1 unspecified atom stereocenters. The second kappa shape index (κ2) is 6.06. The van der Waals surface area contributed by atoms with E-state index < -0.39 is 0 Å². The average Bonchev–Trinajstić information content (AvgIpc) is 2.82. The third kappa shape index (κ3) is 3.47. The minimum Gasteiger partial charge on any atom is -0.385 e. The lowest BCUT2D eigenvalue weighted by Gasteiger charge is -2.16. The molecule has 0 amide bonds. The maximum absolute atomic E-state index is 5.63. The zero-order valence-electron chi connectivity index (χ0n) is 10.9. The largest absolute Gasteiger partial charge is 0.385 e. The van der Waals surface area contributed by atoms with E-state index in [4.69, 9.17) is 4.74 Å². The Morgan fingerprint density at radius 3 is 2.88 bits per heavy atom. The van der Waals surface area contributed by atoms with Crippen LogP contribution in [0.3, 0.4) is 0 Å². The molecular formula is C15H23NO. The van der Waals surface area contributed by atoms with E-state index in [0.717, 1.165) is 19.6 Å². The van der Waals surface area contributed by atoms with Gasteiger partial charge in [-0.2, -0.15) is 0 Å². The molecule has 1 aliphatic heterocycles. The number of ether oxygens (including phenoxy) is 1. The van der Waals surface area contributed by atoms with Crippen molar-refractivity contribution in [3.8, 4) is 0 Å². The van der Waals surface area contributed by atoms with Crippen molar-refractivity contribution < 1.29 is 4.74 Å². The summed E-state index contributed by atoms with van der Waals surface area (Å²) in [5, 5.41) is 3.54. The van der Waals surface area contributed by atoms with Crippen molar-refractivity contribution in [1.82, 2.24) is 0 Å². The van der Waals surface area contributed by atoms with Crippen molar-refractivity contribution in [2.24, 2.45) is 0 Å². The molecule has 1 atom stereocenters. The van der Waals surface area contributed by atoms with E-state index in [9.17, 15) is 0 Å². The highest BCUT2D eigenvalue weighted by atomic mass is 16.5. The Morgan fingerprint density at radius 1 is 1.35 bits per heavy atom. The first-order chi connectivity index (χ1) is 8.27. The van der Waals surface area contributed by atoms with Crippen LogP contribution in [-0.2, 0) is 4.74 Å². The smallest absolute Gasteiger partial charge is 0.0592 e. The molecule has 1 aromatic rings. The van der Waals surface area contributed by atoms with Crippen molar-refractivity contribution in [3.63, 3.8) is 0 Å². The standard InChI is InChI=1S/C15H23NO/c1-12(2)14-7-3-4-8-15(14)16-10-9-13-6-5-11-17-13/h3-4,7-8,12-13,16H,5-6,9-11H2,1-2H3. The van der Waals surface area contributed by atoms with E-state index in [1.807, 2.05) is 0 Å². The minimum absolute atomic E-state index is 0.480. The van der Waals surface area contributed by atoms with Crippen molar-refractivity contribution in [1.29, 1.82) is 0 Å². The second-order valence-corrected chi connectivity index (χ2v) is 5.09. The topological polar surface area (TPSA) is 21.3 Å². The first kappa shape index (κ1) is 12.4. The van der Waals surface area contributed by atoms with E-state index >= 15 is 0 Å². The summed E-state index contributed by atoms with van der Waals surface area (Å²) < 4.78 is 5.63. The van der Waals surface area contributed by atoms with Crippen LogP contribution in [0.4, 0.5) is 5.69 Å². The minimum atomic E-state index is 0.480. The Morgan fingerprint density at radius 2 is 2.18 bits per heavy atom. The molecule has 0 saturated carbocycles. The van der Waals surface area contributed by atoms with Gasteiger partial charge in [0.1, 0.15) is 0 Å². The second-order valence-electron chi connectivity index (χ2n) is 5.09. The lowest BCUT2D eigenvalue weighted by atomic mass is 10.0. The molecular weight excluding hydrogens is 210 g/mol. The third-order valence-corrected chi connectivity index (χ3v) is 3.39. The highest BCUT2D eigenvalue weighted by Crippen LogP contribution is 2.24. The summed E-state index contributed by atoms with van der Waals surface area (Å²) in [5.74, 6) is 0.571. The van der Waals surface area contributed by atoms with Crippen LogP contribution in [-0.4, -0.2) is 19.3 Å². The Bertz CT molecular complexity index is 343. The zero-order valence-corrected chi connectivity index (χ0v) is 10.9. The number of rotatable bonds is 5. The highest BCUT2D eigenvalue weighted by molar-refractivity contribution is 5.52. The fraction of sp³-hybridized carbons (Fsp3) is 0.600. The van der Waals surface area contributed by atoms with Crippen LogP contribution in [0.15, 0.2) is 24.3 Å². The van der Waals surface area contributed by atoms with Gasteiger partial charge in [0.2, 0.25) is 0 Å². The van der Waals surface area contributed by atoms with Gasteiger partial charge in [0.05, 0.1) is 6.10 Å². The number of para-hydroxylation sites is 1. The van der Waals surface area contributed by atoms with E-state index in [1.165, 1.54) is 24.1 Å². The van der Waals surface area contributed by atoms with Crippen molar-refractivity contribution in [2.75, 3.05) is 18.5 Å². The number of nitrogens with one attached hydrogen (secondary N) is 1. The molecule has 2 heteroatoms. The van der Waals surface area contributed by atoms with Crippen LogP contribution in [0.25, 0.3) is 0 Å². The molecule has 2 nitrogen and oxygen atoms in total. The number of hydrogen-bond donors (Lipinski definition) is 1.